The van der Waals surface area contributed by atoms with E-state index >= 15 is 0 Å². The van der Waals surface area contributed by atoms with E-state index in [0.29, 0.717) is 0 Å². The van der Waals surface area contributed by atoms with Gasteiger partial charge in [0, 0.05) is 36.8 Å². The van der Waals surface area contributed by atoms with Crippen molar-refractivity contribution in [3.8, 4) is 6.07 Å². The van der Waals surface area contributed by atoms with Crippen LogP contribution in [0.2, 0.25) is 0 Å². The first-order valence-electron chi connectivity index (χ1n) is 9.86. The van der Waals surface area contributed by atoms with Gasteiger partial charge in [0.25, 0.3) is 0 Å². The Morgan fingerprint density at radius 3 is 2.48 bits per heavy atom. The van der Waals surface area contributed by atoms with E-state index in [1.165, 1.54) is 21.6 Å². The summed E-state index contributed by atoms with van der Waals surface area (Å²) >= 11 is 1.86. The van der Waals surface area contributed by atoms with Gasteiger partial charge in [-0.25, -0.2) is 0 Å². The number of thioether (sulfide) groups is 1. The van der Waals surface area contributed by atoms with Crippen LogP contribution in [0.4, 0.5) is 0 Å². The molecule has 0 saturated carbocycles. The molecular weight excluding hydrogens is 350 g/mol. The van der Waals surface area contributed by atoms with Crippen LogP contribution in [0.3, 0.4) is 0 Å². The van der Waals surface area contributed by atoms with Gasteiger partial charge in [0.1, 0.15) is 5.41 Å². The number of benzene rings is 2. The Labute approximate surface area is 167 Å². The smallest absolute Gasteiger partial charge is 0.109 e. The van der Waals surface area contributed by atoms with Crippen molar-refractivity contribution < 1.29 is 0 Å². The zero-order valence-corrected chi connectivity index (χ0v) is 16.8. The third-order valence-electron chi connectivity index (χ3n) is 6.02. The lowest BCUT2D eigenvalue weighted by atomic mass is 9.71. The number of hydrogen-bond acceptors (Lipinski definition) is 4. The summed E-state index contributed by atoms with van der Waals surface area (Å²) in [5, 5.41) is 10.5. The van der Waals surface area contributed by atoms with Gasteiger partial charge in [0.15, 0.2) is 0 Å². The molecular formula is C23H27N3S. The SMILES string of the molecule is CN1CCN(CCC[C@@]2(C#N)c3ccccc3CSc3ccccc32)CC1. The normalized spacial score (nSPS) is 23.1. The fraction of sp³-hybridized carbons (Fsp3) is 0.435. The number of hydrogen-bond donors (Lipinski definition) is 0. The third-order valence-corrected chi connectivity index (χ3v) is 7.14. The lowest BCUT2D eigenvalue weighted by molar-refractivity contribution is 0.151. The number of fused-ring (bicyclic) bond motifs is 2. The lowest BCUT2D eigenvalue weighted by Crippen LogP contribution is -2.45. The van der Waals surface area contributed by atoms with Gasteiger partial charge in [-0.1, -0.05) is 42.5 Å². The molecule has 2 aromatic carbocycles. The molecule has 2 heterocycles. The highest BCUT2D eigenvalue weighted by molar-refractivity contribution is 7.98. The molecule has 0 aromatic heterocycles. The van der Waals surface area contributed by atoms with E-state index in [4.69, 9.17) is 0 Å². The van der Waals surface area contributed by atoms with Crippen LogP contribution < -0.4 is 0 Å². The average molecular weight is 378 g/mol. The van der Waals surface area contributed by atoms with E-state index in [2.05, 4.69) is 71.4 Å². The van der Waals surface area contributed by atoms with Crippen LogP contribution in [0.15, 0.2) is 53.4 Å². The largest absolute Gasteiger partial charge is 0.304 e. The summed E-state index contributed by atoms with van der Waals surface area (Å²) in [5.74, 6) is 0.940. The Hall–Kier alpha value is -1.80. The molecule has 1 atom stereocenters. The number of nitrogens with zero attached hydrogens (tertiary/aromatic N) is 3. The first-order chi connectivity index (χ1) is 13.2. The lowest BCUT2D eigenvalue weighted by Gasteiger charge is -2.34. The van der Waals surface area contributed by atoms with Crippen molar-refractivity contribution in [2.75, 3.05) is 39.8 Å². The highest BCUT2D eigenvalue weighted by atomic mass is 32.2. The number of likely N-dealkylation sites (N-methyl/N-ethyl adjacent to an activating group) is 1. The second-order valence-corrected chi connectivity index (χ2v) is 8.72. The van der Waals surface area contributed by atoms with E-state index in [0.717, 1.165) is 51.3 Å². The van der Waals surface area contributed by atoms with Gasteiger partial charge < -0.3 is 9.80 Å². The van der Waals surface area contributed by atoms with Crippen molar-refractivity contribution in [1.29, 1.82) is 5.26 Å². The molecule has 2 aromatic rings. The van der Waals surface area contributed by atoms with Crippen molar-refractivity contribution >= 4 is 11.8 Å². The summed E-state index contributed by atoms with van der Waals surface area (Å²) in [5.41, 5.74) is 3.17. The maximum atomic E-state index is 10.5. The molecule has 2 aliphatic rings. The Bertz CT molecular complexity index is 786. The van der Waals surface area contributed by atoms with Crippen molar-refractivity contribution in [2.24, 2.45) is 0 Å². The van der Waals surface area contributed by atoms with Crippen molar-refractivity contribution in [1.82, 2.24) is 9.80 Å². The van der Waals surface area contributed by atoms with Gasteiger partial charge in [-0.15, -0.1) is 11.8 Å². The number of rotatable bonds is 4. The highest BCUT2D eigenvalue weighted by Crippen LogP contribution is 2.46. The maximum absolute atomic E-state index is 10.5. The van der Waals surface area contributed by atoms with Gasteiger partial charge >= 0.3 is 0 Å². The predicted octanol–water partition coefficient (Wildman–Crippen LogP) is 4.13. The molecule has 140 valence electrons. The summed E-state index contributed by atoms with van der Waals surface area (Å²) in [6, 6.07) is 19.9. The van der Waals surface area contributed by atoms with Crippen molar-refractivity contribution in [3.05, 3.63) is 65.2 Å². The van der Waals surface area contributed by atoms with E-state index in [-0.39, 0.29) is 0 Å². The van der Waals surface area contributed by atoms with Crippen LogP contribution in [-0.2, 0) is 11.2 Å². The molecule has 1 saturated heterocycles. The zero-order valence-electron chi connectivity index (χ0n) is 16.0. The van der Waals surface area contributed by atoms with E-state index in [9.17, 15) is 5.26 Å². The summed E-state index contributed by atoms with van der Waals surface area (Å²) < 4.78 is 0. The molecule has 1 fully saturated rings. The van der Waals surface area contributed by atoms with E-state index in [1.807, 2.05) is 11.8 Å². The molecule has 0 aliphatic carbocycles. The molecule has 0 bridgehead atoms. The van der Waals surface area contributed by atoms with Crippen LogP contribution in [0.5, 0.6) is 0 Å². The molecule has 0 N–H and O–H groups in total. The monoisotopic (exact) mass is 377 g/mol. The van der Waals surface area contributed by atoms with Gasteiger partial charge in [-0.2, -0.15) is 5.26 Å². The first kappa shape index (κ1) is 18.6. The topological polar surface area (TPSA) is 30.3 Å². The van der Waals surface area contributed by atoms with Crippen LogP contribution in [0, 0.1) is 11.3 Å². The Morgan fingerprint density at radius 1 is 1.00 bits per heavy atom. The second-order valence-electron chi connectivity index (χ2n) is 7.71. The number of nitriles is 1. The Morgan fingerprint density at radius 2 is 1.70 bits per heavy atom. The van der Waals surface area contributed by atoms with Crippen LogP contribution >= 0.6 is 11.8 Å². The highest BCUT2D eigenvalue weighted by Gasteiger charge is 2.39. The molecule has 4 heteroatoms. The van der Waals surface area contributed by atoms with Crippen molar-refractivity contribution in [3.63, 3.8) is 0 Å². The molecule has 0 unspecified atom stereocenters. The summed E-state index contributed by atoms with van der Waals surface area (Å²) in [4.78, 5) is 6.20. The van der Waals surface area contributed by atoms with E-state index < -0.39 is 5.41 Å². The Balaban J connectivity index is 1.63. The summed E-state index contributed by atoms with van der Waals surface area (Å²) in [6.07, 6.45) is 1.93. The van der Waals surface area contributed by atoms with Crippen molar-refractivity contribution in [2.45, 2.75) is 28.9 Å². The summed E-state index contributed by atoms with van der Waals surface area (Å²) in [6.45, 7) is 5.64. The average Bonchev–Trinajstić information content (AvgIpc) is 2.85. The maximum Gasteiger partial charge on any atom is 0.109 e. The molecule has 0 radical (unpaired) electrons. The standard InChI is InChI=1S/C23H27N3S/c1-25-13-15-26(16-14-25)12-6-11-23(18-24)20-8-3-2-7-19(20)17-27-22-10-5-4-9-21(22)23/h2-5,7-10H,6,11-17H2,1H3/t23-/m1/s1. The van der Waals surface area contributed by atoms with Crippen LogP contribution in [0.25, 0.3) is 0 Å². The molecule has 27 heavy (non-hydrogen) atoms. The molecule has 0 spiro atoms. The van der Waals surface area contributed by atoms with Gasteiger partial charge in [-0.05, 0) is 49.2 Å². The minimum Gasteiger partial charge on any atom is -0.304 e. The van der Waals surface area contributed by atoms with Crippen LogP contribution in [-0.4, -0.2) is 49.6 Å². The van der Waals surface area contributed by atoms with Crippen LogP contribution in [0.1, 0.15) is 29.5 Å². The van der Waals surface area contributed by atoms with Gasteiger partial charge in [-0.3, -0.25) is 0 Å². The van der Waals surface area contributed by atoms with E-state index in [1.54, 1.807) is 0 Å². The second kappa shape index (κ2) is 8.06. The third kappa shape index (κ3) is 3.65. The number of piperazine rings is 1. The quantitative estimate of drug-likeness (QED) is 0.801. The molecule has 4 rings (SSSR count). The minimum atomic E-state index is -0.538. The predicted molar refractivity (Wildman–Crippen MR) is 112 cm³/mol. The fourth-order valence-corrected chi connectivity index (χ4v) is 5.53. The molecule has 0 amide bonds. The zero-order chi connectivity index (χ0) is 18.7. The molecule has 2 aliphatic heterocycles. The Kier molecular flexibility index (Phi) is 5.54. The van der Waals surface area contributed by atoms with Gasteiger partial charge in [0.2, 0.25) is 0 Å². The summed E-state index contributed by atoms with van der Waals surface area (Å²) in [7, 11) is 2.19. The minimum absolute atomic E-state index is 0.538. The van der Waals surface area contributed by atoms with Gasteiger partial charge in [0.05, 0.1) is 6.07 Å². The first-order valence-corrected chi connectivity index (χ1v) is 10.8. The fourth-order valence-electron chi connectivity index (χ4n) is 4.39. The molecule has 3 nitrogen and oxygen atoms in total.